The molecule has 0 radical (unpaired) electrons. The molecule has 0 heterocycles. The van der Waals surface area contributed by atoms with Crippen molar-refractivity contribution in [3.05, 3.63) is 0 Å². The van der Waals surface area contributed by atoms with Crippen molar-refractivity contribution in [3.8, 4) is 0 Å². The van der Waals surface area contributed by atoms with E-state index in [4.69, 9.17) is 0 Å². The van der Waals surface area contributed by atoms with Gasteiger partial charge in [0.2, 0.25) is 0 Å². The molecule has 0 spiro atoms. The highest BCUT2D eigenvalue weighted by Crippen LogP contribution is 1.75. The number of hydrogen-bond acceptors (Lipinski definition) is 2. The second-order valence-electron chi connectivity index (χ2n) is 1.08. The summed E-state index contributed by atoms with van der Waals surface area (Å²) in [6, 6.07) is 0. The molecule has 0 unspecified atom stereocenters. The molecule has 0 aliphatic rings. The fourth-order valence-electron chi connectivity index (χ4n) is 0.125. The van der Waals surface area contributed by atoms with Crippen LogP contribution in [0.15, 0.2) is 0 Å². The number of rotatable bonds is 2. The Morgan fingerprint density at radius 1 is 1.71 bits per heavy atom. The van der Waals surface area contributed by atoms with Gasteiger partial charge in [-0.1, -0.05) is 0 Å². The van der Waals surface area contributed by atoms with Gasteiger partial charge < -0.3 is 8.42 Å². The SMILES string of the molecule is CS(=O)(=O)[OH+][BH2-]F. The molecule has 0 aromatic heterocycles. The normalized spacial score (nSPS) is 11.7. The van der Waals surface area contributed by atoms with E-state index in [1.165, 1.54) is 0 Å². The third-order valence-electron chi connectivity index (χ3n) is 0.401. The maximum atomic E-state index is 11.1. The maximum Gasteiger partial charge on any atom is 0.447 e. The molecular formula is CH6BFO3S. The van der Waals surface area contributed by atoms with Gasteiger partial charge in [-0.05, 0) is 0 Å². The van der Waals surface area contributed by atoms with Gasteiger partial charge in [-0.15, -0.1) is 0 Å². The Bertz CT molecular complexity index is 128. The monoisotopic (exact) mass is 128 g/mol. The van der Waals surface area contributed by atoms with Gasteiger partial charge in [0, 0.05) is 0 Å². The first-order valence-electron chi connectivity index (χ1n) is 1.75. The smallest absolute Gasteiger partial charge is 0.447 e. The Labute approximate surface area is 41.9 Å². The molecule has 0 aliphatic heterocycles. The highest BCUT2D eigenvalue weighted by molar-refractivity contribution is 7.86. The Morgan fingerprint density at radius 3 is 2.14 bits per heavy atom. The van der Waals surface area contributed by atoms with E-state index < -0.39 is 17.9 Å². The summed E-state index contributed by atoms with van der Waals surface area (Å²) >= 11 is 0. The largest absolute Gasteiger partial charge is 0.544 e. The molecule has 0 bridgehead atoms. The number of halogens is 1. The van der Waals surface area contributed by atoms with Crippen molar-refractivity contribution >= 4 is 17.9 Å². The Kier molecular flexibility index (Phi) is 2.24. The summed E-state index contributed by atoms with van der Waals surface area (Å²) in [5.41, 5.74) is 0. The molecule has 6 heteroatoms. The summed E-state index contributed by atoms with van der Waals surface area (Å²) < 4.78 is 33.5. The molecule has 0 rings (SSSR count). The molecule has 7 heavy (non-hydrogen) atoms. The zero-order chi connectivity index (χ0) is 5.91. The summed E-state index contributed by atoms with van der Waals surface area (Å²) in [6.07, 6.45) is 0.871. The third kappa shape index (κ3) is 5.90. The first kappa shape index (κ1) is 6.90. The van der Waals surface area contributed by atoms with E-state index in [0.717, 1.165) is 6.26 Å². The Hall–Kier alpha value is -0.0951. The van der Waals surface area contributed by atoms with Gasteiger partial charge in [-0.25, -0.2) is 0 Å². The van der Waals surface area contributed by atoms with E-state index >= 15 is 0 Å². The van der Waals surface area contributed by atoms with Gasteiger partial charge >= 0.3 is 17.9 Å². The molecule has 0 fully saturated rings. The minimum absolute atomic E-state index is 0.871. The van der Waals surface area contributed by atoms with E-state index in [2.05, 4.69) is 4.10 Å². The summed E-state index contributed by atoms with van der Waals surface area (Å²) in [4.78, 5) is 0. The van der Waals surface area contributed by atoms with Crippen LogP contribution in [0.25, 0.3) is 0 Å². The Balaban J connectivity index is 3.60. The van der Waals surface area contributed by atoms with Gasteiger partial charge in [0.1, 0.15) is 6.26 Å². The first-order chi connectivity index (χ1) is 3.06. The molecule has 0 atom stereocenters. The molecule has 0 aromatic carbocycles. The van der Waals surface area contributed by atoms with Gasteiger partial charge in [-0.2, -0.15) is 8.42 Å². The van der Waals surface area contributed by atoms with E-state index in [1.54, 1.807) is 0 Å². The topological polar surface area (TPSA) is 46.9 Å². The predicted octanol–water partition coefficient (Wildman–Crippen LogP) is -1.56. The van der Waals surface area contributed by atoms with Crippen LogP contribution in [0.3, 0.4) is 0 Å². The molecule has 0 amide bonds. The summed E-state index contributed by atoms with van der Waals surface area (Å²) in [6.45, 7) is 0. The van der Waals surface area contributed by atoms with Crippen LogP contribution >= 0.6 is 0 Å². The van der Waals surface area contributed by atoms with Crippen molar-refractivity contribution in [1.82, 2.24) is 0 Å². The van der Waals surface area contributed by atoms with E-state index in [1.807, 2.05) is 0 Å². The molecule has 0 aliphatic carbocycles. The lowest BCUT2D eigenvalue weighted by Crippen LogP contribution is -2.08. The van der Waals surface area contributed by atoms with Crippen LogP contribution in [-0.2, 0) is 10.1 Å². The van der Waals surface area contributed by atoms with Gasteiger partial charge in [0.25, 0.3) is 0 Å². The van der Waals surface area contributed by atoms with Crippen LogP contribution in [0.2, 0.25) is 0 Å². The Morgan fingerprint density at radius 2 is 2.14 bits per heavy atom. The summed E-state index contributed by atoms with van der Waals surface area (Å²) in [5, 5.41) is 0. The van der Waals surface area contributed by atoms with Crippen LogP contribution in [0, 0.1) is 0 Å². The lowest BCUT2D eigenvalue weighted by Gasteiger charge is -1.94. The third-order valence-corrected chi connectivity index (χ3v) is 1.20. The van der Waals surface area contributed by atoms with Crippen molar-refractivity contribution in [2.24, 2.45) is 0 Å². The first-order valence-corrected chi connectivity index (χ1v) is 3.60. The fraction of sp³-hybridized carbons (Fsp3) is 1.00. The molecule has 3 nitrogen and oxygen atoms in total. The van der Waals surface area contributed by atoms with Crippen LogP contribution in [0.5, 0.6) is 0 Å². The minimum Gasteiger partial charge on any atom is -0.544 e. The molecule has 0 saturated carbocycles. The van der Waals surface area contributed by atoms with Crippen molar-refractivity contribution in [2.45, 2.75) is 0 Å². The van der Waals surface area contributed by atoms with Gasteiger partial charge in [-0.3, -0.25) is 0 Å². The molecule has 0 saturated heterocycles. The average molecular weight is 128 g/mol. The zero-order valence-corrected chi connectivity index (χ0v) is 4.87. The van der Waals surface area contributed by atoms with Crippen molar-refractivity contribution in [3.63, 3.8) is 0 Å². The minimum atomic E-state index is -3.37. The molecule has 1 N–H and O–H groups in total. The highest BCUT2D eigenvalue weighted by atomic mass is 32.2. The summed E-state index contributed by atoms with van der Waals surface area (Å²) in [5.74, 6) is 0. The average Bonchev–Trinajstić information content (AvgIpc) is 1.30. The van der Waals surface area contributed by atoms with Crippen LogP contribution in [0.4, 0.5) is 4.32 Å². The number of hydrogen-bond donors (Lipinski definition) is 0. The van der Waals surface area contributed by atoms with E-state index in [9.17, 15) is 12.7 Å². The zero-order valence-electron chi connectivity index (χ0n) is 4.05. The van der Waals surface area contributed by atoms with Crippen LogP contribution in [0.1, 0.15) is 0 Å². The van der Waals surface area contributed by atoms with Crippen molar-refractivity contribution in [1.29, 1.82) is 0 Å². The quantitative estimate of drug-likeness (QED) is 0.256. The van der Waals surface area contributed by atoms with Crippen molar-refractivity contribution < 1.29 is 16.8 Å². The second kappa shape index (κ2) is 2.27. The lowest BCUT2D eigenvalue weighted by molar-refractivity contribution is 0.348. The van der Waals surface area contributed by atoms with Crippen molar-refractivity contribution in [2.75, 3.05) is 6.26 Å². The lowest BCUT2D eigenvalue weighted by atomic mass is 10.5. The molecule has 0 aromatic rings. The van der Waals surface area contributed by atoms with Gasteiger partial charge in [0.15, 0.2) is 0 Å². The maximum absolute atomic E-state index is 11.1. The molecular weight excluding hydrogens is 122 g/mol. The molecule has 44 valence electrons. The standard InChI is InChI=1S/CH6BFO3S/c1-7(4,5)6-2-3/h6H,2H2,1H3. The highest BCUT2D eigenvalue weighted by Gasteiger charge is 1.97. The van der Waals surface area contributed by atoms with Crippen LogP contribution in [-0.4, -0.2) is 26.5 Å². The van der Waals surface area contributed by atoms with E-state index in [0.29, 0.717) is 0 Å². The second-order valence-corrected chi connectivity index (χ2v) is 2.92. The predicted molar refractivity (Wildman–Crippen MR) is 26.7 cm³/mol. The van der Waals surface area contributed by atoms with Gasteiger partial charge in [0.05, 0.1) is 0 Å². The summed E-state index contributed by atoms with van der Waals surface area (Å²) in [7, 11) is -5.42. The van der Waals surface area contributed by atoms with Crippen LogP contribution < -0.4 is 0 Å². The van der Waals surface area contributed by atoms with E-state index in [-0.39, 0.29) is 0 Å². The fourth-order valence-corrected chi connectivity index (χ4v) is 0.376.